The summed E-state index contributed by atoms with van der Waals surface area (Å²) in [6.45, 7) is 17.4. The van der Waals surface area contributed by atoms with Gasteiger partial charge in [0.15, 0.2) is 8.32 Å². The van der Waals surface area contributed by atoms with E-state index in [9.17, 15) is 5.11 Å². The fourth-order valence-corrected chi connectivity index (χ4v) is 4.36. The first kappa shape index (κ1) is 17.4. The summed E-state index contributed by atoms with van der Waals surface area (Å²) in [4.78, 5) is 0. The molecule has 0 aromatic rings. The van der Waals surface area contributed by atoms with Crippen LogP contribution in [0.4, 0.5) is 0 Å². The lowest BCUT2D eigenvalue weighted by molar-refractivity contribution is -0.0312. The summed E-state index contributed by atoms with van der Waals surface area (Å²) in [5.41, 5.74) is -1.02. The molecule has 112 valence electrons. The van der Waals surface area contributed by atoms with Crippen LogP contribution >= 0.6 is 15.9 Å². The predicted octanol–water partition coefficient (Wildman–Crippen LogP) is 4.84. The first-order valence-corrected chi connectivity index (χ1v) is 10.7. The van der Waals surface area contributed by atoms with Gasteiger partial charge >= 0.3 is 0 Å². The largest absolute Gasteiger partial charge is 0.410 e. The maximum atomic E-state index is 10.9. The third-order valence-corrected chi connectivity index (χ3v) is 10.1. The van der Waals surface area contributed by atoms with Crippen LogP contribution in [-0.2, 0) is 4.43 Å². The fourth-order valence-electron chi connectivity index (χ4n) is 2.04. The van der Waals surface area contributed by atoms with Crippen molar-refractivity contribution in [1.29, 1.82) is 0 Å². The molecule has 2 atom stereocenters. The number of aliphatic hydroxyl groups is 1. The van der Waals surface area contributed by atoms with E-state index in [1.165, 1.54) is 0 Å². The van der Waals surface area contributed by atoms with E-state index in [0.717, 1.165) is 4.48 Å². The minimum atomic E-state index is -1.80. The van der Waals surface area contributed by atoms with E-state index in [-0.39, 0.29) is 16.6 Å². The van der Waals surface area contributed by atoms with E-state index < -0.39 is 13.9 Å². The van der Waals surface area contributed by atoms with Gasteiger partial charge in [-0.2, -0.15) is 0 Å². The van der Waals surface area contributed by atoms with Gasteiger partial charge in [0.1, 0.15) is 5.60 Å². The van der Waals surface area contributed by atoms with Gasteiger partial charge in [-0.1, -0.05) is 57.5 Å². The highest BCUT2D eigenvalue weighted by molar-refractivity contribution is 9.11. The molecule has 2 unspecified atom stereocenters. The summed E-state index contributed by atoms with van der Waals surface area (Å²) in [6.07, 6.45) is 2.70. The normalized spacial score (nSPS) is 29.6. The van der Waals surface area contributed by atoms with Gasteiger partial charge in [0.2, 0.25) is 0 Å². The Kier molecular flexibility index (Phi) is 4.55. The van der Waals surface area contributed by atoms with Gasteiger partial charge < -0.3 is 9.53 Å². The van der Waals surface area contributed by atoms with E-state index in [4.69, 9.17) is 4.43 Å². The lowest BCUT2D eigenvalue weighted by Gasteiger charge is -2.41. The first-order valence-electron chi connectivity index (χ1n) is 6.99. The van der Waals surface area contributed by atoms with E-state index in [1.54, 1.807) is 0 Å². The molecule has 1 aliphatic rings. The molecule has 0 saturated heterocycles. The highest BCUT2D eigenvalue weighted by Gasteiger charge is 2.50. The number of hydrogen-bond donors (Lipinski definition) is 1. The number of hydrogen-bond acceptors (Lipinski definition) is 2. The SMILES string of the molecule is CC(C)(C)C1(O)CC(O[Si](C)(C)C(C)(C)C)C=C1Br. The quantitative estimate of drug-likeness (QED) is 0.723. The van der Waals surface area contributed by atoms with Gasteiger partial charge in [-0.15, -0.1) is 0 Å². The Morgan fingerprint density at radius 1 is 1.26 bits per heavy atom. The third-order valence-electron chi connectivity index (χ3n) is 4.72. The van der Waals surface area contributed by atoms with Crippen LogP contribution in [0.25, 0.3) is 0 Å². The van der Waals surface area contributed by atoms with Crippen molar-refractivity contribution in [2.45, 2.75) is 77.8 Å². The Hall–Kier alpha value is 0.357. The maximum absolute atomic E-state index is 10.9. The molecule has 0 heterocycles. The molecule has 0 aliphatic heterocycles. The van der Waals surface area contributed by atoms with Crippen LogP contribution in [0.1, 0.15) is 48.0 Å². The van der Waals surface area contributed by atoms with Crippen LogP contribution in [0.2, 0.25) is 18.1 Å². The van der Waals surface area contributed by atoms with Gasteiger partial charge in [-0.25, -0.2) is 0 Å². The van der Waals surface area contributed by atoms with Crippen molar-refractivity contribution < 1.29 is 9.53 Å². The molecule has 0 radical (unpaired) electrons. The minimum Gasteiger partial charge on any atom is -0.410 e. The first-order chi connectivity index (χ1) is 8.21. The van der Waals surface area contributed by atoms with Crippen LogP contribution in [0.15, 0.2) is 10.6 Å². The van der Waals surface area contributed by atoms with E-state index in [1.807, 2.05) is 6.08 Å². The van der Waals surface area contributed by atoms with E-state index >= 15 is 0 Å². The predicted molar refractivity (Wildman–Crippen MR) is 88.1 cm³/mol. The zero-order valence-electron chi connectivity index (χ0n) is 13.6. The van der Waals surface area contributed by atoms with Crippen LogP contribution in [0.3, 0.4) is 0 Å². The Labute approximate surface area is 127 Å². The second kappa shape index (κ2) is 4.97. The van der Waals surface area contributed by atoms with Crippen LogP contribution in [0, 0.1) is 5.41 Å². The molecule has 1 aliphatic carbocycles. The molecule has 0 amide bonds. The average Bonchev–Trinajstić information content (AvgIpc) is 2.38. The zero-order chi connectivity index (χ0) is 15.3. The Balaban J connectivity index is 2.89. The van der Waals surface area contributed by atoms with Crippen molar-refractivity contribution in [3.63, 3.8) is 0 Å². The monoisotopic (exact) mass is 348 g/mol. The zero-order valence-corrected chi connectivity index (χ0v) is 16.2. The molecule has 0 bridgehead atoms. The smallest absolute Gasteiger partial charge is 0.192 e. The summed E-state index contributed by atoms with van der Waals surface area (Å²) in [7, 11) is -1.80. The summed E-state index contributed by atoms with van der Waals surface area (Å²) in [5, 5.41) is 11.1. The lowest BCUT2D eigenvalue weighted by Crippen LogP contribution is -2.46. The van der Waals surface area contributed by atoms with Crippen LogP contribution < -0.4 is 0 Å². The van der Waals surface area contributed by atoms with Gasteiger partial charge in [-0.05, 0) is 29.6 Å². The average molecular weight is 349 g/mol. The molecule has 4 heteroatoms. The third kappa shape index (κ3) is 3.34. The van der Waals surface area contributed by atoms with Gasteiger partial charge in [0.25, 0.3) is 0 Å². The molecule has 0 fully saturated rings. The highest BCUT2D eigenvalue weighted by atomic mass is 79.9. The molecule has 0 saturated carbocycles. The van der Waals surface area contributed by atoms with Crippen molar-refractivity contribution in [2.24, 2.45) is 5.41 Å². The highest BCUT2D eigenvalue weighted by Crippen LogP contribution is 2.49. The molecule has 0 spiro atoms. The van der Waals surface area contributed by atoms with Crippen molar-refractivity contribution in [2.75, 3.05) is 0 Å². The summed E-state index contributed by atoms with van der Waals surface area (Å²) in [5.74, 6) is 0. The molecular weight excluding hydrogens is 320 g/mol. The Morgan fingerprint density at radius 2 is 1.74 bits per heavy atom. The summed E-state index contributed by atoms with van der Waals surface area (Å²) < 4.78 is 7.27. The molecule has 0 aromatic heterocycles. The molecule has 19 heavy (non-hydrogen) atoms. The molecule has 0 aromatic carbocycles. The standard InChI is InChI=1S/C15H29BrO2Si/c1-13(2,3)15(17)10-11(9-12(15)16)18-19(7,8)14(4,5)6/h9,11,17H,10H2,1-8H3. The number of rotatable bonds is 2. The number of halogens is 1. The summed E-state index contributed by atoms with van der Waals surface area (Å²) >= 11 is 3.54. The summed E-state index contributed by atoms with van der Waals surface area (Å²) in [6, 6.07) is 0. The van der Waals surface area contributed by atoms with Crippen LogP contribution in [0.5, 0.6) is 0 Å². The lowest BCUT2D eigenvalue weighted by atomic mass is 9.76. The Bertz CT molecular complexity index is 377. The van der Waals surface area contributed by atoms with Gasteiger partial charge in [-0.3, -0.25) is 0 Å². The van der Waals surface area contributed by atoms with Crippen LogP contribution in [-0.4, -0.2) is 25.1 Å². The topological polar surface area (TPSA) is 29.5 Å². The van der Waals surface area contributed by atoms with Crippen molar-refractivity contribution in [1.82, 2.24) is 0 Å². The molecule has 1 N–H and O–H groups in total. The van der Waals surface area contributed by atoms with E-state index in [0.29, 0.717) is 6.42 Å². The Morgan fingerprint density at radius 3 is 2.05 bits per heavy atom. The van der Waals surface area contributed by atoms with Crippen molar-refractivity contribution in [3.05, 3.63) is 10.6 Å². The van der Waals surface area contributed by atoms with Crippen molar-refractivity contribution in [3.8, 4) is 0 Å². The minimum absolute atomic E-state index is 0.0134. The molecular formula is C15H29BrO2Si. The second-order valence-corrected chi connectivity index (χ2v) is 13.9. The van der Waals surface area contributed by atoms with Crippen molar-refractivity contribution >= 4 is 24.2 Å². The fraction of sp³-hybridized carbons (Fsp3) is 0.867. The van der Waals surface area contributed by atoms with Gasteiger partial charge in [0, 0.05) is 10.9 Å². The molecule has 1 rings (SSSR count). The van der Waals surface area contributed by atoms with E-state index in [2.05, 4.69) is 70.6 Å². The molecule has 2 nitrogen and oxygen atoms in total. The van der Waals surface area contributed by atoms with Gasteiger partial charge in [0.05, 0.1) is 6.10 Å². The maximum Gasteiger partial charge on any atom is 0.192 e. The second-order valence-electron chi connectivity index (χ2n) is 8.25.